The van der Waals surface area contributed by atoms with Gasteiger partial charge >= 0.3 is 0 Å². The molecule has 3 N–H and O–H groups in total. The Hall–Kier alpha value is -1.27. The zero-order valence-electron chi connectivity index (χ0n) is 8.50. The van der Waals surface area contributed by atoms with Gasteiger partial charge in [-0.25, -0.2) is 8.42 Å². The van der Waals surface area contributed by atoms with Gasteiger partial charge in [-0.1, -0.05) is 6.07 Å². The maximum absolute atomic E-state index is 11.3. The van der Waals surface area contributed by atoms with Crippen molar-refractivity contribution in [2.45, 2.75) is 12.1 Å². The van der Waals surface area contributed by atoms with E-state index in [1.807, 2.05) is 0 Å². The highest BCUT2D eigenvalue weighted by molar-refractivity contribution is 7.91. The molecule has 2 atom stereocenters. The first-order valence-corrected chi connectivity index (χ1v) is 6.72. The number of hydrogen-bond acceptors (Lipinski definition) is 5. The summed E-state index contributed by atoms with van der Waals surface area (Å²) >= 11 is 0. The van der Waals surface area contributed by atoms with Crippen molar-refractivity contribution in [3.63, 3.8) is 0 Å². The first-order valence-electron chi connectivity index (χ1n) is 4.90. The molecule has 0 saturated carbocycles. The molecule has 16 heavy (non-hydrogen) atoms. The van der Waals surface area contributed by atoms with Gasteiger partial charge in [0.15, 0.2) is 9.84 Å². The highest BCUT2D eigenvalue weighted by atomic mass is 32.2. The van der Waals surface area contributed by atoms with Gasteiger partial charge in [-0.3, -0.25) is 0 Å². The average molecular weight is 243 g/mol. The predicted molar refractivity (Wildman–Crippen MR) is 60.2 cm³/mol. The van der Waals surface area contributed by atoms with Gasteiger partial charge in [0.1, 0.15) is 5.75 Å². The van der Waals surface area contributed by atoms with Crippen LogP contribution in [0.15, 0.2) is 24.3 Å². The van der Waals surface area contributed by atoms with E-state index in [1.54, 1.807) is 12.1 Å². The minimum absolute atomic E-state index is 0.0795. The number of aliphatic hydroxyl groups is 1. The highest BCUT2D eigenvalue weighted by Crippen LogP contribution is 2.20. The maximum Gasteiger partial charge on any atom is 0.155 e. The van der Waals surface area contributed by atoms with E-state index in [0.717, 1.165) is 0 Å². The second-order valence-corrected chi connectivity index (χ2v) is 6.10. The molecular formula is C10H13NO4S. The Morgan fingerprint density at radius 3 is 2.62 bits per heavy atom. The second-order valence-electron chi connectivity index (χ2n) is 3.95. The molecule has 0 amide bonds. The molecule has 0 radical (unpaired) electrons. The highest BCUT2D eigenvalue weighted by Gasteiger charge is 2.36. The van der Waals surface area contributed by atoms with Gasteiger partial charge in [-0.15, -0.1) is 0 Å². The van der Waals surface area contributed by atoms with Crippen LogP contribution in [-0.2, 0) is 9.84 Å². The van der Waals surface area contributed by atoms with E-state index in [4.69, 9.17) is 0 Å². The van der Waals surface area contributed by atoms with Crippen LogP contribution in [0.25, 0.3) is 0 Å². The number of phenols is 1. The lowest BCUT2D eigenvalue weighted by Crippen LogP contribution is -2.31. The van der Waals surface area contributed by atoms with E-state index in [0.29, 0.717) is 5.69 Å². The number of aromatic hydroxyl groups is 1. The van der Waals surface area contributed by atoms with Crippen molar-refractivity contribution in [2.24, 2.45) is 0 Å². The molecule has 2 unspecified atom stereocenters. The first kappa shape index (κ1) is 11.2. The van der Waals surface area contributed by atoms with Crippen molar-refractivity contribution in [1.82, 2.24) is 0 Å². The fraction of sp³-hybridized carbons (Fsp3) is 0.400. The maximum atomic E-state index is 11.3. The molecule has 0 aromatic heterocycles. The lowest BCUT2D eigenvalue weighted by molar-refractivity contribution is 0.190. The van der Waals surface area contributed by atoms with Crippen molar-refractivity contribution in [3.05, 3.63) is 24.3 Å². The number of rotatable bonds is 2. The van der Waals surface area contributed by atoms with Crippen LogP contribution in [0.4, 0.5) is 5.69 Å². The number of hydrogen-bond donors (Lipinski definition) is 3. The third kappa shape index (κ3) is 2.45. The van der Waals surface area contributed by atoms with E-state index in [-0.39, 0.29) is 17.3 Å². The molecule has 0 aliphatic carbocycles. The summed E-state index contributed by atoms with van der Waals surface area (Å²) in [6.45, 7) is 0. The summed E-state index contributed by atoms with van der Waals surface area (Å²) in [6, 6.07) is 5.85. The van der Waals surface area contributed by atoms with Gasteiger partial charge in [0.2, 0.25) is 0 Å². The minimum Gasteiger partial charge on any atom is -0.508 e. The first-order chi connectivity index (χ1) is 7.46. The number of sulfone groups is 1. The third-order valence-corrected chi connectivity index (χ3v) is 4.24. The lowest BCUT2D eigenvalue weighted by atomic mass is 10.2. The van der Waals surface area contributed by atoms with Crippen LogP contribution in [0.2, 0.25) is 0 Å². The molecule has 0 bridgehead atoms. The fourth-order valence-corrected chi connectivity index (χ4v) is 3.52. The minimum atomic E-state index is -3.15. The number of aliphatic hydroxyl groups excluding tert-OH is 1. The molecule has 1 aromatic carbocycles. The van der Waals surface area contributed by atoms with E-state index in [2.05, 4.69) is 5.32 Å². The zero-order valence-corrected chi connectivity index (χ0v) is 9.31. The van der Waals surface area contributed by atoms with Crippen LogP contribution >= 0.6 is 0 Å². The number of anilines is 1. The van der Waals surface area contributed by atoms with Crippen LogP contribution in [0.5, 0.6) is 5.75 Å². The normalized spacial score (nSPS) is 27.8. The topological polar surface area (TPSA) is 86.6 Å². The molecule has 1 aromatic rings. The quantitative estimate of drug-likeness (QED) is 0.678. The van der Waals surface area contributed by atoms with Crippen molar-refractivity contribution < 1.29 is 18.6 Å². The summed E-state index contributed by atoms with van der Waals surface area (Å²) in [7, 11) is -3.15. The summed E-state index contributed by atoms with van der Waals surface area (Å²) in [4.78, 5) is 0. The average Bonchev–Trinajstić information content (AvgIpc) is 2.39. The number of nitrogens with one attached hydrogen (secondary N) is 1. The second kappa shape index (κ2) is 3.95. The molecule has 0 spiro atoms. The summed E-state index contributed by atoms with van der Waals surface area (Å²) in [5.41, 5.74) is 0.598. The van der Waals surface area contributed by atoms with Gasteiger partial charge in [-0.2, -0.15) is 0 Å². The van der Waals surface area contributed by atoms with Crippen LogP contribution in [0.1, 0.15) is 0 Å². The summed E-state index contributed by atoms with van der Waals surface area (Å²) < 4.78 is 22.5. The molecule has 2 rings (SSSR count). The van der Waals surface area contributed by atoms with Crippen molar-refractivity contribution >= 4 is 15.5 Å². The molecule has 1 aliphatic heterocycles. The molecule has 1 fully saturated rings. The smallest absolute Gasteiger partial charge is 0.155 e. The summed E-state index contributed by atoms with van der Waals surface area (Å²) in [6.07, 6.45) is -0.896. The standard InChI is InChI=1S/C10H13NO4S/c12-8-3-1-2-7(4-8)11-9-5-16(14,15)6-10(9)13/h1-4,9-13H,5-6H2. The fourth-order valence-electron chi connectivity index (χ4n) is 1.78. The van der Waals surface area contributed by atoms with E-state index < -0.39 is 22.0 Å². The molecule has 88 valence electrons. The van der Waals surface area contributed by atoms with E-state index in [9.17, 15) is 18.6 Å². The molecular weight excluding hydrogens is 230 g/mol. The molecule has 5 nitrogen and oxygen atoms in total. The molecule has 1 heterocycles. The Kier molecular flexibility index (Phi) is 2.77. The molecule has 1 aliphatic rings. The van der Waals surface area contributed by atoms with Crippen molar-refractivity contribution in [3.8, 4) is 5.75 Å². The van der Waals surface area contributed by atoms with Gasteiger partial charge in [0.25, 0.3) is 0 Å². The number of benzene rings is 1. The summed E-state index contributed by atoms with van der Waals surface area (Å²) in [5.74, 6) is -0.187. The van der Waals surface area contributed by atoms with Crippen molar-refractivity contribution in [1.29, 1.82) is 0 Å². The monoisotopic (exact) mass is 243 g/mol. The van der Waals surface area contributed by atoms with Gasteiger partial charge in [0.05, 0.1) is 23.7 Å². The van der Waals surface area contributed by atoms with Crippen LogP contribution in [0.3, 0.4) is 0 Å². The van der Waals surface area contributed by atoms with Crippen molar-refractivity contribution in [2.75, 3.05) is 16.8 Å². The SMILES string of the molecule is O=S1(=O)CC(O)C(Nc2cccc(O)c2)C1. The van der Waals surface area contributed by atoms with E-state index >= 15 is 0 Å². The molecule has 1 saturated heterocycles. The number of phenolic OH excluding ortho intramolecular Hbond substituents is 1. The summed E-state index contributed by atoms with van der Waals surface area (Å²) in [5, 5.41) is 21.7. The Labute approximate surface area is 93.6 Å². The third-order valence-electron chi connectivity index (χ3n) is 2.52. The van der Waals surface area contributed by atoms with Crippen LogP contribution in [-0.4, -0.2) is 42.3 Å². The zero-order chi connectivity index (χ0) is 11.8. The van der Waals surface area contributed by atoms with Crippen LogP contribution in [0, 0.1) is 0 Å². The molecule has 6 heteroatoms. The Bertz CT molecular complexity index is 485. The van der Waals surface area contributed by atoms with Gasteiger partial charge in [0, 0.05) is 11.8 Å². The van der Waals surface area contributed by atoms with Crippen LogP contribution < -0.4 is 5.32 Å². The van der Waals surface area contributed by atoms with Gasteiger partial charge in [-0.05, 0) is 12.1 Å². The van der Waals surface area contributed by atoms with Gasteiger partial charge < -0.3 is 15.5 Å². The largest absolute Gasteiger partial charge is 0.508 e. The Morgan fingerprint density at radius 1 is 1.31 bits per heavy atom. The Morgan fingerprint density at radius 2 is 2.06 bits per heavy atom. The Balaban J connectivity index is 2.11. The predicted octanol–water partition coefficient (Wildman–Crippen LogP) is -0.0380. The lowest BCUT2D eigenvalue weighted by Gasteiger charge is -2.16. The van der Waals surface area contributed by atoms with E-state index in [1.165, 1.54) is 12.1 Å².